The van der Waals surface area contributed by atoms with Gasteiger partial charge in [-0.2, -0.15) is 0 Å². The van der Waals surface area contributed by atoms with Crippen molar-refractivity contribution in [3.8, 4) is 0 Å². The molecule has 0 aliphatic heterocycles. The van der Waals surface area contributed by atoms with E-state index < -0.39 is 17.4 Å². The van der Waals surface area contributed by atoms with E-state index in [1.807, 2.05) is 5.70 Å². The summed E-state index contributed by atoms with van der Waals surface area (Å²) in [6.07, 6.45) is 0. The second-order valence-corrected chi connectivity index (χ2v) is 9.63. The van der Waals surface area contributed by atoms with Gasteiger partial charge in [-0.25, -0.2) is 0 Å². The van der Waals surface area contributed by atoms with Gasteiger partial charge < -0.3 is 4.12 Å². The van der Waals surface area contributed by atoms with Crippen LogP contribution in [-0.2, 0) is 25.2 Å². The molecule has 0 amide bonds. The molecule has 0 bridgehead atoms. The van der Waals surface area contributed by atoms with Crippen LogP contribution in [-0.4, -0.2) is 17.4 Å². The zero-order valence-electron chi connectivity index (χ0n) is 7.09. The molecule has 0 N–H and O–H groups in total. The molecule has 0 spiro atoms. The molecule has 0 unspecified atom stereocenters. The Kier molecular flexibility index (Phi) is 7.34. The number of rotatable bonds is 3. The molecule has 0 fully saturated rings. The Bertz CT molecular complexity index is 104. The van der Waals surface area contributed by atoms with Crippen LogP contribution in [0.4, 0.5) is 0 Å². The summed E-state index contributed by atoms with van der Waals surface area (Å²) in [6.45, 7) is 12.5. The van der Waals surface area contributed by atoms with Crippen LogP contribution in [0, 0.1) is 0 Å². The van der Waals surface area contributed by atoms with Gasteiger partial charge in [0.05, 0.1) is 0 Å². The van der Waals surface area contributed by atoms with Crippen molar-refractivity contribution in [1.29, 1.82) is 0 Å². The third kappa shape index (κ3) is 6.94. The number of hydrogen-bond donors (Lipinski definition) is 0. The smallest absolute Gasteiger partial charge is 0.197 e. The summed E-state index contributed by atoms with van der Waals surface area (Å²) in [5, 5.41) is 0. The van der Waals surface area contributed by atoms with Crippen LogP contribution in [0.5, 0.6) is 0 Å². The van der Waals surface area contributed by atoms with E-state index in [1.165, 1.54) is 0 Å². The van der Waals surface area contributed by atoms with Gasteiger partial charge in [0.1, 0.15) is 0 Å². The molecule has 0 aliphatic rings. The van der Waals surface area contributed by atoms with E-state index in [0.717, 1.165) is 0 Å². The summed E-state index contributed by atoms with van der Waals surface area (Å²) in [5.74, 6) is 0. The molecule has 0 saturated heterocycles. The molecule has 0 aliphatic carbocycles. The van der Waals surface area contributed by atoms with Crippen molar-refractivity contribution in [2.45, 2.75) is 26.2 Å². The van der Waals surface area contributed by atoms with E-state index >= 15 is 0 Å². The monoisotopic (exact) mass is 355 g/mol. The quantitative estimate of drug-likeness (QED) is 0.703. The second-order valence-electron chi connectivity index (χ2n) is 2.97. The molecule has 1 nitrogen and oxygen atoms in total. The van der Waals surface area contributed by atoms with Crippen molar-refractivity contribution in [3.63, 3.8) is 0 Å². The first-order valence-corrected chi connectivity index (χ1v) is 9.06. The van der Waals surface area contributed by atoms with Gasteiger partial charge >= 0.3 is 0 Å². The maximum Gasteiger partial charge on any atom is 0.197 e. The molecule has 0 saturated carbocycles. The molecule has 4 heteroatoms. The summed E-state index contributed by atoms with van der Waals surface area (Å²) < 4.78 is 5.75. The van der Waals surface area contributed by atoms with Gasteiger partial charge in [0.15, 0.2) is 17.4 Å². The van der Waals surface area contributed by atoms with Crippen molar-refractivity contribution in [2.24, 2.45) is 0 Å². The van der Waals surface area contributed by atoms with Crippen LogP contribution in [0.2, 0.25) is 26.2 Å². The second kappa shape index (κ2) is 5.47. The van der Waals surface area contributed by atoms with E-state index in [0.29, 0.717) is 0 Å². The molecular weight excluding hydrogens is 339 g/mol. The fourth-order valence-electron chi connectivity index (χ4n) is 0.656. The maximum atomic E-state index is 5.75. The fourth-order valence-corrected chi connectivity index (χ4v) is 5.90. The van der Waals surface area contributed by atoms with Crippen LogP contribution in [0.3, 0.4) is 0 Å². The van der Waals surface area contributed by atoms with Gasteiger partial charge in [-0.15, -0.1) is 6.58 Å². The van der Waals surface area contributed by atoms with Gasteiger partial charge in [-0.1, -0.05) is 5.70 Å². The predicted molar refractivity (Wildman–Crippen MR) is 47.6 cm³/mol. The normalized spacial score (nSPS) is 10.9. The average molecular weight is 355 g/mol. The molecule has 0 radical (unpaired) electrons. The molecule has 0 aromatic rings. The molecule has 0 rings (SSSR count). The zero-order chi connectivity index (χ0) is 7.49. The van der Waals surface area contributed by atoms with Crippen LogP contribution < -0.4 is 0 Å². The Hall–Kier alpha value is 0.822. The summed E-state index contributed by atoms with van der Waals surface area (Å²) in [6, 6.07) is 0. The summed E-state index contributed by atoms with van der Waals surface area (Å²) in [7, 11) is -2.24. The van der Waals surface area contributed by atoms with E-state index in [1.54, 1.807) is 0 Å². The minimum absolute atomic E-state index is 0. The zero-order valence-corrected chi connectivity index (χ0v) is 11.5. The van der Waals surface area contributed by atoms with Gasteiger partial charge in [-0.3, -0.25) is 0 Å². The third-order valence-corrected chi connectivity index (χ3v) is 6.33. The molecule has 0 aromatic heterocycles. The maximum absolute atomic E-state index is 5.75. The van der Waals surface area contributed by atoms with Gasteiger partial charge in [0, 0.05) is 21.1 Å². The first-order chi connectivity index (χ1) is 3.98. The van der Waals surface area contributed by atoms with Gasteiger partial charge in [-0.05, 0) is 26.2 Å². The third-order valence-electron chi connectivity index (χ3n) is 1.03. The van der Waals surface area contributed by atoms with Crippen molar-refractivity contribution >= 4 is 17.4 Å². The standard InChI is InChI=1S/C6H16OSi2.Pt/c1-6-9(4,5)7-8(2)3;/h6,8H,1H2,2-5H3;. The van der Waals surface area contributed by atoms with Gasteiger partial charge in [0.2, 0.25) is 0 Å². The Labute approximate surface area is 81.0 Å². The SMILES string of the molecule is C=C[Si](C)(C)O[SiH](C)C.[Pt]. The van der Waals surface area contributed by atoms with Crippen LogP contribution in [0.1, 0.15) is 0 Å². The van der Waals surface area contributed by atoms with E-state index in [-0.39, 0.29) is 21.1 Å². The van der Waals surface area contributed by atoms with Crippen molar-refractivity contribution in [3.05, 3.63) is 12.3 Å². The van der Waals surface area contributed by atoms with E-state index in [9.17, 15) is 0 Å². The van der Waals surface area contributed by atoms with E-state index in [2.05, 4.69) is 32.8 Å². The van der Waals surface area contributed by atoms with Crippen LogP contribution >= 0.6 is 0 Å². The molecular formula is C6H16OPtSi2. The summed E-state index contributed by atoms with van der Waals surface area (Å²) >= 11 is 0. The topological polar surface area (TPSA) is 9.23 Å². The average Bonchev–Trinajstić information content (AvgIpc) is 1.63. The first-order valence-electron chi connectivity index (χ1n) is 3.29. The molecule has 0 atom stereocenters. The molecule has 0 heterocycles. The number of hydrogen-bond acceptors (Lipinski definition) is 1. The first kappa shape index (κ1) is 13.4. The van der Waals surface area contributed by atoms with E-state index in [4.69, 9.17) is 4.12 Å². The fraction of sp³-hybridized carbons (Fsp3) is 0.667. The Morgan fingerprint density at radius 2 is 1.80 bits per heavy atom. The minimum Gasteiger partial charge on any atom is -0.455 e. The largest absolute Gasteiger partial charge is 0.455 e. The van der Waals surface area contributed by atoms with Crippen molar-refractivity contribution < 1.29 is 25.2 Å². The van der Waals surface area contributed by atoms with Gasteiger partial charge in [0.25, 0.3) is 0 Å². The summed E-state index contributed by atoms with van der Waals surface area (Å²) in [5.41, 5.74) is 1.99. The van der Waals surface area contributed by atoms with Crippen molar-refractivity contribution in [2.75, 3.05) is 0 Å². The van der Waals surface area contributed by atoms with Crippen LogP contribution in [0.25, 0.3) is 0 Å². The predicted octanol–water partition coefficient (Wildman–Crippen LogP) is 1.91. The molecule has 0 aromatic carbocycles. The molecule has 64 valence electrons. The Morgan fingerprint density at radius 1 is 1.40 bits per heavy atom. The Balaban J connectivity index is 0. The van der Waals surface area contributed by atoms with Crippen LogP contribution in [0.15, 0.2) is 12.3 Å². The Morgan fingerprint density at radius 3 is 1.90 bits per heavy atom. The molecule has 10 heavy (non-hydrogen) atoms. The van der Waals surface area contributed by atoms with Crippen molar-refractivity contribution in [1.82, 2.24) is 0 Å². The minimum atomic E-state index is -1.41. The summed E-state index contributed by atoms with van der Waals surface area (Å²) in [4.78, 5) is 0.